The van der Waals surface area contributed by atoms with Gasteiger partial charge in [-0.15, -0.1) is 0 Å². The molecular formula is C24H21N3O4. The monoisotopic (exact) mass is 415 g/mol. The molecule has 4 rings (SSSR count). The summed E-state index contributed by atoms with van der Waals surface area (Å²) in [5.41, 5.74) is 2.80. The first kappa shape index (κ1) is 20.4. The van der Waals surface area contributed by atoms with Crippen molar-refractivity contribution >= 4 is 24.0 Å². The fourth-order valence-corrected chi connectivity index (χ4v) is 3.81. The molecule has 0 aliphatic carbocycles. The third kappa shape index (κ3) is 3.94. The van der Waals surface area contributed by atoms with E-state index >= 15 is 0 Å². The van der Waals surface area contributed by atoms with Crippen LogP contribution in [-0.2, 0) is 12.8 Å². The Labute approximate surface area is 178 Å². The number of hydrogen-bond donors (Lipinski definition) is 1. The molecule has 7 nitrogen and oxygen atoms in total. The number of carbonyl (C=O) groups excluding carboxylic acids is 1. The number of fused-ring (bicyclic) bond motifs is 1. The zero-order chi connectivity index (χ0) is 22.0. The van der Waals surface area contributed by atoms with Crippen LogP contribution in [0.25, 0.3) is 11.1 Å². The van der Waals surface area contributed by atoms with E-state index in [1.807, 2.05) is 43.3 Å². The molecule has 31 heavy (non-hydrogen) atoms. The minimum absolute atomic E-state index is 0.107. The van der Waals surface area contributed by atoms with Gasteiger partial charge in [-0.1, -0.05) is 55.8 Å². The van der Waals surface area contributed by atoms with Crippen LogP contribution in [0.4, 0.5) is 5.95 Å². The number of carboxylic acids is 1. The third-order valence-corrected chi connectivity index (χ3v) is 5.34. The standard InChI is InChI=1S/C24H21N3O4/c1-2-3-9-20-19(22(29)26-24-25-14-21(28)27(20)24)13-15-10-11-17(18(12-15)23(30)31)16-7-5-4-6-8-16/h4-8,10-12,14H,2-3,9,13H2,1H3,(H,30,31). The quantitative estimate of drug-likeness (QED) is 0.631. The number of nitrogens with zero attached hydrogens (tertiary/aromatic N) is 3. The Morgan fingerprint density at radius 1 is 1.10 bits per heavy atom. The lowest BCUT2D eigenvalue weighted by atomic mass is 9.94. The van der Waals surface area contributed by atoms with Gasteiger partial charge in [0.2, 0.25) is 5.95 Å². The fraction of sp³-hybridized carbons (Fsp3) is 0.208. The van der Waals surface area contributed by atoms with E-state index < -0.39 is 11.5 Å². The van der Waals surface area contributed by atoms with E-state index in [2.05, 4.69) is 9.98 Å². The average molecular weight is 415 g/mol. The van der Waals surface area contributed by atoms with E-state index in [4.69, 9.17) is 0 Å². The molecule has 0 bridgehead atoms. The van der Waals surface area contributed by atoms with Gasteiger partial charge in [0.05, 0.1) is 11.8 Å². The van der Waals surface area contributed by atoms with Crippen LogP contribution >= 0.6 is 0 Å². The molecule has 3 aromatic rings. The van der Waals surface area contributed by atoms with E-state index in [1.165, 1.54) is 4.57 Å². The van der Waals surface area contributed by atoms with Gasteiger partial charge in [-0.3, -0.25) is 9.59 Å². The predicted octanol–water partition coefficient (Wildman–Crippen LogP) is 3.90. The summed E-state index contributed by atoms with van der Waals surface area (Å²) in [5.74, 6) is -1.25. The number of benzene rings is 2. The van der Waals surface area contributed by atoms with Crippen molar-refractivity contribution in [3.8, 4) is 11.1 Å². The largest absolute Gasteiger partial charge is 0.478 e. The number of aromatic nitrogens is 2. The first-order valence-electron chi connectivity index (χ1n) is 10.1. The van der Waals surface area contributed by atoms with Gasteiger partial charge < -0.3 is 5.11 Å². The number of aromatic carboxylic acids is 1. The molecule has 1 N–H and O–H groups in total. The zero-order valence-electron chi connectivity index (χ0n) is 17.0. The maximum Gasteiger partial charge on any atom is 0.336 e. The normalized spacial score (nSPS) is 12.2. The molecule has 0 saturated carbocycles. The summed E-state index contributed by atoms with van der Waals surface area (Å²) in [6.45, 7) is 2.03. The highest BCUT2D eigenvalue weighted by molar-refractivity contribution is 6.30. The maximum atomic E-state index is 12.8. The highest BCUT2D eigenvalue weighted by Crippen LogP contribution is 2.27. The summed E-state index contributed by atoms with van der Waals surface area (Å²) in [5, 5.41) is 9.77. The third-order valence-electron chi connectivity index (χ3n) is 5.34. The highest BCUT2D eigenvalue weighted by Gasteiger charge is 2.24. The fourth-order valence-electron chi connectivity index (χ4n) is 3.81. The van der Waals surface area contributed by atoms with E-state index in [-0.39, 0.29) is 23.8 Å². The molecular weight excluding hydrogens is 394 g/mol. The molecule has 2 aromatic carbocycles. The van der Waals surface area contributed by atoms with Gasteiger partial charge >= 0.3 is 5.97 Å². The molecule has 1 aliphatic heterocycles. The number of aliphatic imine (C=N–C) groups is 1. The molecule has 156 valence electrons. The molecule has 1 aromatic heterocycles. The van der Waals surface area contributed by atoms with Crippen LogP contribution in [0.3, 0.4) is 0 Å². The van der Waals surface area contributed by atoms with Gasteiger partial charge in [-0.05, 0) is 35.6 Å². The van der Waals surface area contributed by atoms with Crippen molar-refractivity contribution in [1.29, 1.82) is 0 Å². The van der Waals surface area contributed by atoms with Crippen LogP contribution in [0.5, 0.6) is 0 Å². The lowest BCUT2D eigenvalue weighted by Crippen LogP contribution is -2.25. The Hall–Kier alpha value is -3.87. The van der Waals surface area contributed by atoms with Crippen molar-refractivity contribution in [2.24, 2.45) is 4.99 Å². The molecule has 0 radical (unpaired) electrons. The molecule has 0 spiro atoms. The zero-order valence-corrected chi connectivity index (χ0v) is 17.0. The lowest BCUT2D eigenvalue weighted by molar-refractivity contribution is 0.0697. The van der Waals surface area contributed by atoms with Gasteiger partial charge in [-0.25, -0.2) is 14.4 Å². The average Bonchev–Trinajstić information content (AvgIpc) is 3.14. The summed E-state index contributed by atoms with van der Waals surface area (Å²) in [6, 6.07) is 14.4. The van der Waals surface area contributed by atoms with E-state index in [1.54, 1.807) is 12.1 Å². The van der Waals surface area contributed by atoms with Gasteiger partial charge in [-0.2, -0.15) is 4.98 Å². The van der Waals surface area contributed by atoms with Crippen LogP contribution in [0.1, 0.15) is 51.7 Å². The highest BCUT2D eigenvalue weighted by atomic mass is 16.4. The number of carboxylic acid groups (broad SMARTS) is 1. The van der Waals surface area contributed by atoms with Gasteiger partial charge in [0.15, 0.2) is 0 Å². The molecule has 0 unspecified atom stereocenters. The predicted molar refractivity (Wildman–Crippen MR) is 118 cm³/mol. The second-order valence-electron chi connectivity index (χ2n) is 7.41. The maximum absolute atomic E-state index is 12.8. The van der Waals surface area contributed by atoms with Crippen LogP contribution in [0, 0.1) is 0 Å². The van der Waals surface area contributed by atoms with Gasteiger partial charge in [0.1, 0.15) is 0 Å². The van der Waals surface area contributed by atoms with Crippen molar-refractivity contribution in [3.63, 3.8) is 0 Å². The second kappa shape index (κ2) is 8.47. The number of rotatable bonds is 7. The smallest absolute Gasteiger partial charge is 0.336 e. The molecule has 0 saturated heterocycles. The van der Waals surface area contributed by atoms with Crippen LogP contribution in [0.15, 0.2) is 58.3 Å². The molecule has 0 fully saturated rings. The van der Waals surface area contributed by atoms with Gasteiger partial charge in [0.25, 0.3) is 11.5 Å². The number of unbranched alkanes of at least 4 members (excludes halogenated alkanes) is 1. The van der Waals surface area contributed by atoms with Crippen molar-refractivity contribution in [3.05, 3.63) is 81.3 Å². The summed E-state index contributed by atoms with van der Waals surface area (Å²) >= 11 is 0. The van der Waals surface area contributed by atoms with Crippen molar-refractivity contribution < 1.29 is 14.7 Å². The summed E-state index contributed by atoms with van der Waals surface area (Å²) in [4.78, 5) is 44.9. The summed E-state index contributed by atoms with van der Waals surface area (Å²) in [7, 11) is 0. The number of carbonyl (C=O) groups is 2. The van der Waals surface area contributed by atoms with Crippen molar-refractivity contribution in [2.45, 2.75) is 32.6 Å². The first-order valence-corrected chi connectivity index (χ1v) is 10.1. The summed E-state index contributed by atoms with van der Waals surface area (Å²) in [6.07, 6.45) is 3.59. The van der Waals surface area contributed by atoms with Crippen LogP contribution in [-0.4, -0.2) is 32.7 Å². The Bertz CT molecular complexity index is 1260. The Morgan fingerprint density at radius 2 is 1.87 bits per heavy atom. The van der Waals surface area contributed by atoms with Crippen molar-refractivity contribution in [1.82, 2.24) is 9.55 Å². The van der Waals surface area contributed by atoms with Crippen molar-refractivity contribution in [2.75, 3.05) is 0 Å². The minimum Gasteiger partial charge on any atom is -0.478 e. The molecule has 0 atom stereocenters. The second-order valence-corrected chi connectivity index (χ2v) is 7.41. The van der Waals surface area contributed by atoms with Crippen LogP contribution < -0.4 is 5.56 Å². The SMILES string of the molecule is CCCCc1c(Cc2ccc(-c3ccccc3)c(C(=O)O)c2)c(=O)nc2n1C(=O)C=N2. The topological polar surface area (TPSA) is 102 Å². The van der Waals surface area contributed by atoms with Crippen LogP contribution in [0.2, 0.25) is 0 Å². The first-order chi connectivity index (χ1) is 15.0. The molecule has 7 heteroatoms. The molecule has 2 heterocycles. The minimum atomic E-state index is -1.04. The van der Waals surface area contributed by atoms with E-state index in [9.17, 15) is 19.5 Å². The molecule has 1 aliphatic rings. The summed E-state index contributed by atoms with van der Waals surface area (Å²) < 4.78 is 1.39. The number of hydrogen-bond acceptors (Lipinski definition) is 5. The Kier molecular flexibility index (Phi) is 5.58. The van der Waals surface area contributed by atoms with E-state index in [0.717, 1.165) is 24.6 Å². The van der Waals surface area contributed by atoms with E-state index in [0.29, 0.717) is 28.8 Å². The Morgan fingerprint density at radius 3 is 2.58 bits per heavy atom. The Balaban J connectivity index is 1.79. The lowest BCUT2D eigenvalue weighted by Gasteiger charge is -2.15. The molecule has 0 amide bonds. The van der Waals surface area contributed by atoms with Gasteiger partial charge in [0, 0.05) is 17.7 Å².